The van der Waals surface area contributed by atoms with Crippen molar-refractivity contribution in [2.45, 2.75) is 50.1 Å². The van der Waals surface area contributed by atoms with E-state index < -0.39 is 0 Å². The van der Waals surface area contributed by atoms with Crippen LogP contribution in [0.15, 0.2) is 48.5 Å². The molecule has 1 heterocycles. The highest BCUT2D eigenvalue weighted by Crippen LogP contribution is 2.69. The summed E-state index contributed by atoms with van der Waals surface area (Å²) in [6.07, 6.45) is 6.13. The highest BCUT2D eigenvalue weighted by molar-refractivity contribution is 5.78. The van der Waals surface area contributed by atoms with E-state index >= 15 is 0 Å². The van der Waals surface area contributed by atoms with Gasteiger partial charge in [0, 0.05) is 18.5 Å². The van der Waals surface area contributed by atoms with Crippen LogP contribution in [0.5, 0.6) is 0 Å². The summed E-state index contributed by atoms with van der Waals surface area (Å²) in [7, 11) is 2.05. The molecule has 0 aromatic heterocycles. The van der Waals surface area contributed by atoms with Gasteiger partial charge in [-0.25, -0.2) is 4.39 Å². The smallest absolute Gasteiger partial charge is 0.223 e. The van der Waals surface area contributed by atoms with E-state index in [2.05, 4.69) is 23.5 Å². The third kappa shape index (κ3) is 2.77. The third-order valence-corrected chi connectivity index (χ3v) is 7.33. The van der Waals surface area contributed by atoms with E-state index in [0.29, 0.717) is 17.4 Å². The molecule has 1 aliphatic heterocycles. The normalized spacial score (nSPS) is 30.2. The Kier molecular flexibility index (Phi) is 4.09. The van der Waals surface area contributed by atoms with Crippen LogP contribution in [0.1, 0.15) is 54.8 Å². The molecule has 1 N–H and O–H groups in total. The second-order valence-electron chi connectivity index (χ2n) is 9.05. The first-order valence-electron chi connectivity index (χ1n) is 10.3. The van der Waals surface area contributed by atoms with Crippen LogP contribution in [0.2, 0.25) is 0 Å². The predicted molar refractivity (Wildman–Crippen MR) is 107 cm³/mol. The topological polar surface area (TPSA) is 32.3 Å². The first-order chi connectivity index (χ1) is 13.5. The molecule has 3 aliphatic carbocycles. The number of nitrogens with one attached hydrogen (secondary N) is 1. The van der Waals surface area contributed by atoms with E-state index in [-0.39, 0.29) is 17.8 Å². The number of rotatable bonds is 5. The maximum atomic E-state index is 13.5. The maximum Gasteiger partial charge on any atom is 0.223 e. The van der Waals surface area contributed by atoms with Crippen molar-refractivity contribution in [2.75, 3.05) is 13.6 Å². The lowest BCUT2D eigenvalue weighted by atomic mass is 9.38. The zero-order valence-corrected chi connectivity index (χ0v) is 16.4. The molecule has 3 nitrogen and oxygen atoms in total. The van der Waals surface area contributed by atoms with Gasteiger partial charge in [0.15, 0.2) is 0 Å². The van der Waals surface area contributed by atoms with Gasteiger partial charge in [-0.15, -0.1) is 0 Å². The maximum absolute atomic E-state index is 13.5. The van der Waals surface area contributed by atoms with E-state index in [1.165, 1.54) is 42.5 Å². The van der Waals surface area contributed by atoms with Crippen LogP contribution in [0.25, 0.3) is 0 Å². The van der Waals surface area contributed by atoms with E-state index in [4.69, 9.17) is 0 Å². The van der Waals surface area contributed by atoms with Crippen LogP contribution < -0.4 is 5.32 Å². The average molecular weight is 378 g/mol. The van der Waals surface area contributed by atoms with Crippen LogP contribution in [-0.4, -0.2) is 29.9 Å². The quantitative estimate of drug-likeness (QED) is 0.845. The second kappa shape index (κ2) is 6.41. The summed E-state index contributed by atoms with van der Waals surface area (Å²) < 4.78 is 13.5. The van der Waals surface area contributed by atoms with Crippen molar-refractivity contribution in [3.63, 3.8) is 0 Å². The van der Waals surface area contributed by atoms with Crippen molar-refractivity contribution < 1.29 is 9.18 Å². The molecule has 1 unspecified atom stereocenters. The Morgan fingerprint density at radius 3 is 2.57 bits per heavy atom. The van der Waals surface area contributed by atoms with E-state index in [1.54, 1.807) is 0 Å². The zero-order valence-electron chi connectivity index (χ0n) is 16.4. The van der Waals surface area contributed by atoms with Gasteiger partial charge in [-0.05, 0) is 73.4 Å². The minimum absolute atomic E-state index is 0.116. The molecule has 2 aromatic rings. The molecular weight excluding hydrogens is 351 g/mol. The lowest BCUT2D eigenvalue weighted by molar-refractivity contribution is -0.162. The Morgan fingerprint density at radius 2 is 1.86 bits per heavy atom. The first-order valence-corrected chi connectivity index (χ1v) is 10.3. The fraction of sp³-hybridized carbons (Fsp3) is 0.458. The fourth-order valence-electron chi connectivity index (χ4n) is 5.88. The molecule has 0 radical (unpaired) electrons. The van der Waals surface area contributed by atoms with Crippen molar-refractivity contribution in [3.05, 3.63) is 71.0 Å². The standard InChI is InChI=1S/C24H27FN2O/c1-26-24-14-23(15-24,16-24)12-10-21(28)27-13-11-17-4-2-3-5-20(17)22(27)18-6-8-19(25)9-7-18/h2-9,22,26H,10-16H2,1H3. The van der Waals surface area contributed by atoms with Crippen LogP contribution >= 0.6 is 0 Å². The number of nitrogens with zero attached hydrogens (tertiary/aromatic N) is 1. The van der Waals surface area contributed by atoms with Crippen molar-refractivity contribution in [2.24, 2.45) is 5.41 Å². The van der Waals surface area contributed by atoms with Gasteiger partial charge >= 0.3 is 0 Å². The van der Waals surface area contributed by atoms with Gasteiger partial charge in [-0.3, -0.25) is 4.79 Å². The number of amides is 1. The highest BCUT2D eigenvalue weighted by atomic mass is 19.1. The summed E-state index contributed by atoms with van der Waals surface area (Å²) in [4.78, 5) is 15.3. The SMILES string of the molecule is CNC12CC(CCC(=O)N3CCc4ccccc4C3c3ccc(F)cc3)(C1)C2. The Hall–Kier alpha value is -2.20. The molecule has 28 heavy (non-hydrogen) atoms. The molecule has 3 fully saturated rings. The summed E-state index contributed by atoms with van der Waals surface area (Å²) in [5.41, 5.74) is 4.23. The molecule has 0 spiro atoms. The number of carbonyl (C=O) groups is 1. The van der Waals surface area contributed by atoms with Gasteiger partial charge < -0.3 is 10.2 Å². The minimum atomic E-state index is -0.243. The fourth-order valence-corrected chi connectivity index (χ4v) is 5.88. The van der Waals surface area contributed by atoms with Crippen molar-refractivity contribution in [1.29, 1.82) is 0 Å². The third-order valence-electron chi connectivity index (χ3n) is 7.33. The molecule has 146 valence electrons. The number of fused-ring (bicyclic) bond motifs is 1. The number of hydrogen-bond donors (Lipinski definition) is 1. The predicted octanol–water partition coefficient (Wildman–Crippen LogP) is 4.22. The largest absolute Gasteiger partial charge is 0.331 e. The van der Waals surface area contributed by atoms with Crippen LogP contribution in [0, 0.1) is 11.2 Å². The van der Waals surface area contributed by atoms with Crippen LogP contribution in [0.4, 0.5) is 4.39 Å². The molecule has 2 bridgehead atoms. The molecule has 1 amide bonds. The van der Waals surface area contributed by atoms with Gasteiger partial charge in [-0.1, -0.05) is 36.4 Å². The molecule has 2 aromatic carbocycles. The Morgan fingerprint density at radius 1 is 1.14 bits per heavy atom. The summed E-state index contributed by atoms with van der Waals surface area (Å²) in [5, 5.41) is 3.44. The zero-order chi connectivity index (χ0) is 19.4. The number of carbonyl (C=O) groups excluding carboxylic acids is 1. The summed E-state index contributed by atoms with van der Waals surface area (Å²) in [5.74, 6) is -0.0140. The number of hydrogen-bond acceptors (Lipinski definition) is 2. The van der Waals surface area contributed by atoms with Crippen LogP contribution in [-0.2, 0) is 11.2 Å². The summed E-state index contributed by atoms with van der Waals surface area (Å²) in [6, 6.07) is 14.9. The molecular formula is C24H27FN2O. The van der Waals surface area contributed by atoms with Crippen LogP contribution in [0.3, 0.4) is 0 Å². The molecule has 4 aliphatic rings. The number of halogens is 1. The molecule has 0 saturated heterocycles. The van der Waals surface area contributed by atoms with E-state index in [9.17, 15) is 9.18 Å². The molecule has 6 rings (SSSR count). The summed E-state index contributed by atoms with van der Waals surface area (Å²) in [6.45, 7) is 0.728. The van der Waals surface area contributed by atoms with Gasteiger partial charge in [0.1, 0.15) is 5.82 Å². The Labute approximate surface area is 165 Å². The van der Waals surface area contributed by atoms with Crippen molar-refractivity contribution >= 4 is 5.91 Å². The average Bonchev–Trinajstić information content (AvgIpc) is 2.66. The van der Waals surface area contributed by atoms with Crippen molar-refractivity contribution in [3.8, 4) is 0 Å². The summed E-state index contributed by atoms with van der Waals surface area (Å²) >= 11 is 0. The second-order valence-corrected chi connectivity index (χ2v) is 9.05. The van der Waals surface area contributed by atoms with Crippen molar-refractivity contribution in [1.82, 2.24) is 10.2 Å². The molecule has 4 heteroatoms. The molecule has 1 atom stereocenters. The first kappa shape index (κ1) is 17.9. The monoisotopic (exact) mass is 378 g/mol. The Bertz CT molecular complexity index is 887. The van der Waals surface area contributed by atoms with E-state index in [0.717, 1.165) is 24.9 Å². The lowest BCUT2D eigenvalue weighted by Crippen LogP contribution is -2.73. The molecule has 3 saturated carbocycles. The van der Waals surface area contributed by atoms with Gasteiger partial charge in [-0.2, -0.15) is 0 Å². The lowest BCUT2D eigenvalue weighted by Gasteiger charge is -2.71. The number of benzene rings is 2. The highest BCUT2D eigenvalue weighted by Gasteiger charge is 2.66. The van der Waals surface area contributed by atoms with Gasteiger partial charge in [0.05, 0.1) is 6.04 Å². The minimum Gasteiger partial charge on any atom is -0.331 e. The Balaban J connectivity index is 1.36. The van der Waals surface area contributed by atoms with Gasteiger partial charge in [0.25, 0.3) is 0 Å². The van der Waals surface area contributed by atoms with Gasteiger partial charge in [0.2, 0.25) is 5.91 Å². The van der Waals surface area contributed by atoms with E-state index in [1.807, 2.05) is 30.1 Å².